The Hall–Kier alpha value is -4.63. The van der Waals surface area contributed by atoms with Crippen molar-refractivity contribution in [2.24, 2.45) is 17.6 Å². The molecule has 50 heavy (non-hydrogen) atoms. The van der Waals surface area contributed by atoms with Gasteiger partial charge in [-0.15, -0.1) is 0 Å². The minimum Gasteiger partial charge on any atom is -0.459 e. The summed E-state index contributed by atoms with van der Waals surface area (Å²) in [5.41, 5.74) is 2.56. The fourth-order valence-corrected chi connectivity index (χ4v) is 6.17. The van der Waals surface area contributed by atoms with Crippen LogP contribution in [0.3, 0.4) is 0 Å². The number of carbonyl (C=O) groups excluding carboxylic acids is 4. The number of ketones is 1. The van der Waals surface area contributed by atoms with Gasteiger partial charge >= 0.3 is 17.7 Å². The summed E-state index contributed by atoms with van der Waals surface area (Å²) in [5, 5.41) is 11.8. The first kappa shape index (κ1) is 38.2. The van der Waals surface area contributed by atoms with Crippen molar-refractivity contribution in [2.45, 2.75) is 111 Å². The molecule has 0 saturated carbocycles. The molecule has 0 radical (unpaired) electrons. The van der Waals surface area contributed by atoms with E-state index in [9.17, 15) is 33.9 Å². The molecule has 4 atom stereocenters. The molecule has 4 rings (SSSR count). The number of urea groups is 1. The van der Waals surface area contributed by atoms with Gasteiger partial charge in [-0.05, 0) is 64.5 Å². The minimum absolute atomic E-state index is 0.123. The van der Waals surface area contributed by atoms with E-state index in [-0.39, 0.29) is 11.9 Å². The number of aliphatic hydroxyl groups is 1. The van der Waals surface area contributed by atoms with Crippen LogP contribution >= 0.6 is 0 Å². The van der Waals surface area contributed by atoms with Crippen molar-refractivity contribution in [3.8, 4) is 0 Å². The van der Waals surface area contributed by atoms with Crippen molar-refractivity contribution in [3.63, 3.8) is 0 Å². The summed E-state index contributed by atoms with van der Waals surface area (Å²) in [5.74, 6) is -4.46. The van der Waals surface area contributed by atoms with Crippen LogP contribution in [0.25, 0.3) is 11.1 Å². The van der Waals surface area contributed by atoms with Gasteiger partial charge in [-0.25, -0.2) is 19.1 Å². The van der Waals surface area contributed by atoms with Gasteiger partial charge in [0.25, 0.3) is 11.5 Å². The Kier molecular flexibility index (Phi) is 11.2. The van der Waals surface area contributed by atoms with Gasteiger partial charge in [0.05, 0.1) is 12.6 Å². The third-order valence-electron chi connectivity index (χ3n) is 8.98. The molecule has 0 aliphatic carbocycles. The molecule has 0 spiro atoms. The molecule has 3 heterocycles. The second kappa shape index (κ2) is 14.7. The van der Waals surface area contributed by atoms with E-state index in [2.05, 4.69) is 4.98 Å². The Balaban J connectivity index is 1.77. The van der Waals surface area contributed by atoms with Gasteiger partial charge in [-0.2, -0.15) is 0 Å². The average Bonchev–Trinajstić information content (AvgIpc) is 3.67. The molecule has 1 fully saturated rings. The normalized spacial score (nSPS) is 17.5. The zero-order valence-electron chi connectivity index (χ0n) is 29.9. The number of oxazole rings is 1. The number of fused-ring (bicyclic) bond motifs is 1. The lowest BCUT2D eigenvalue weighted by molar-refractivity contribution is -0.155. The monoisotopic (exact) mass is 696 g/mol. The number of esters is 1. The van der Waals surface area contributed by atoms with Gasteiger partial charge in [0.2, 0.25) is 5.89 Å². The van der Waals surface area contributed by atoms with Crippen LogP contribution in [-0.2, 0) is 32.2 Å². The minimum atomic E-state index is -2.39. The number of carbonyl (C=O) groups is 4. The van der Waals surface area contributed by atoms with Gasteiger partial charge in [0.15, 0.2) is 23.0 Å². The van der Waals surface area contributed by atoms with Gasteiger partial charge in [-0.1, -0.05) is 39.8 Å². The van der Waals surface area contributed by atoms with Crippen LogP contribution in [0.1, 0.15) is 80.2 Å². The van der Waals surface area contributed by atoms with Crippen LogP contribution in [-0.4, -0.2) is 82.5 Å². The van der Waals surface area contributed by atoms with E-state index < -0.39 is 83.2 Å². The number of imide groups is 1. The number of para-hydroxylation sites is 2. The predicted molar refractivity (Wildman–Crippen MR) is 183 cm³/mol. The number of aliphatic hydroxyl groups excluding tert-OH is 1. The number of nitrogens with zero attached hydrogens (tertiary/aromatic N) is 5. The van der Waals surface area contributed by atoms with Crippen molar-refractivity contribution in [1.29, 1.82) is 0 Å². The van der Waals surface area contributed by atoms with E-state index in [1.165, 1.54) is 18.7 Å². The zero-order valence-corrected chi connectivity index (χ0v) is 29.9. The summed E-state index contributed by atoms with van der Waals surface area (Å²) in [6.45, 7) is 12.1. The van der Waals surface area contributed by atoms with Gasteiger partial charge in [0, 0.05) is 24.8 Å². The number of likely N-dealkylation sites (tertiary alicyclic amines) is 1. The number of hydrogen-bond acceptors (Lipinski definition) is 11. The lowest BCUT2D eigenvalue weighted by Crippen LogP contribution is -2.69. The second-order valence-electron chi connectivity index (χ2n) is 14.5. The van der Waals surface area contributed by atoms with Gasteiger partial charge in [0.1, 0.15) is 17.7 Å². The van der Waals surface area contributed by atoms with E-state index in [0.29, 0.717) is 35.1 Å². The zero-order chi connectivity index (χ0) is 37.3. The topological polar surface area (TPSA) is 200 Å². The Morgan fingerprint density at radius 2 is 1.74 bits per heavy atom. The van der Waals surface area contributed by atoms with Crippen molar-refractivity contribution < 1.29 is 33.4 Å². The lowest BCUT2D eigenvalue weighted by Gasteiger charge is -2.43. The number of Topliss-reactive ketones (excluding diaryl/α,β-unsaturated/α-hetero) is 1. The first-order valence-electron chi connectivity index (χ1n) is 16.8. The van der Waals surface area contributed by atoms with Crippen molar-refractivity contribution >= 4 is 34.8 Å². The molecule has 0 bridgehead atoms. The summed E-state index contributed by atoms with van der Waals surface area (Å²) in [7, 11) is 0. The van der Waals surface area contributed by atoms with Crippen LogP contribution in [0, 0.1) is 11.8 Å². The summed E-state index contributed by atoms with van der Waals surface area (Å²) >= 11 is 0. The number of aromatic nitrogens is 3. The van der Waals surface area contributed by atoms with E-state index in [4.69, 9.17) is 14.9 Å². The van der Waals surface area contributed by atoms with Gasteiger partial charge in [-0.3, -0.25) is 28.6 Å². The molecular weight excluding hydrogens is 648 g/mol. The van der Waals surface area contributed by atoms with Crippen LogP contribution < -0.4 is 17.0 Å². The molecule has 15 heteroatoms. The molecule has 3 amide bonds. The number of hydrogen-bond donors (Lipinski definition) is 2. The van der Waals surface area contributed by atoms with Crippen molar-refractivity contribution in [3.05, 3.63) is 63.3 Å². The second-order valence-corrected chi connectivity index (χ2v) is 14.5. The molecule has 3 N–H and O–H groups in total. The number of amides is 3. The Labute approximate surface area is 290 Å². The Morgan fingerprint density at radius 1 is 1.08 bits per heavy atom. The van der Waals surface area contributed by atoms with Crippen LogP contribution in [0.2, 0.25) is 0 Å². The highest BCUT2D eigenvalue weighted by atomic mass is 16.6. The highest BCUT2D eigenvalue weighted by molar-refractivity contribution is 6.14. The maximum atomic E-state index is 14.8. The Bertz CT molecular complexity index is 1840. The number of rotatable bonds is 11. The molecule has 1 saturated heterocycles. The van der Waals surface area contributed by atoms with Crippen LogP contribution in [0.5, 0.6) is 0 Å². The van der Waals surface area contributed by atoms with E-state index in [0.717, 1.165) is 21.7 Å². The summed E-state index contributed by atoms with van der Waals surface area (Å²) in [6, 6.07) is 5.61. The van der Waals surface area contributed by atoms with Gasteiger partial charge < -0.3 is 24.9 Å². The Morgan fingerprint density at radius 3 is 2.30 bits per heavy atom. The molecule has 3 aromatic rings. The third-order valence-corrected chi connectivity index (χ3v) is 8.98. The number of nitrogens with two attached hydrogens (primary N) is 1. The number of benzene rings is 1. The molecule has 1 aromatic carbocycles. The quantitative estimate of drug-likeness (QED) is 0.221. The highest BCUT2D eigenvalue weighted by Crippen LogP contribution is 2.33. The van der Waals surface area contributed by atoms with Crippen molar-refractivity contribution in [1.82, 2.24) is 23.9 Å². The predicted octanol–water partition coefficient (Wildman–Crippen LogP) is 2.61. The largest absolute Gasteiger partial charge is 0.459 e. The fourth-order valence-electron chi connectivity index (χ4n) is 6.17. The smallest absolute Gasteiger partial charge is 0.331 e. The first-order chi connectivity index (χ1) is 23.3. The average molecular weight is 697 g/mol. The highest BCUT2D eigenvalue weighted by Gasteiger charge is 2.53. The maximum absolute atomic E-state index is 14.8. The third kappa shape index (κ3) is 7.73. The maximum Gasteiger partial charge on any atom is 0.331 e. The van der Waals surface area contributed by atoms with Crippen LogP contribution in [0.15, 0.2) is 50.5 Å². The molecule has 2 aromatic heterocycles. The van der Waals surface area contributed by atoms with Crippen LogP contribution in [0.4, 0.5) is 4.79 Å². The molecule has 1 aliphatic heterocycles. The van der Waals surface area contributed by atoms with E-state index >= 15 is 0 Å². The molecule has 1 unspecified atom stereocenters. The molecule has 272 valence electrons. The summed E-state index contributed by atoms with van der Waals surface area (Å²) < 4.78 is 12.6. The van der Waals surface area contributed by atoms with Crippen molar-refractivity contribution in [2.75, 3.05) is 6.54 Å². The molecule has 1 aliphatic rings. The standard InChI is InChI=1S/C35H48N6O9/c1-20(2)28(29(45)30-37-23-13-9-10-14-24(23)49-30)41(33(48)39-16-11-12-22(39)5)31(46)35(36,21(3)4)25(42)18-38-17-15-26(43)40(32(38)47)19-27(44)50-34(6,7)8/h9-10,13-15,17,20-22,28-29,45H,11-12,16,18-19,36H2,1-8H3/t22-,28+,29?,35-/m1/s1. The SMILES string of the molecule is CC(C)[C@@H](C(O)c1nc2ccccc2o1)N(C(=O)N1CCC[C@H]1C)C(=O)[C@](N)(C(=O)Cn1ccc(=O)n(CC(=O)OC(C)(C)C)c1=O)C(C)C. The van der Waals surface area contributed by atoms with E-state index in [1.54, 1.807) is 58.9 Å². The fraction of sp³-hybridized carbons (Fsp3) is 0.571. The first-order valence-corrected chi connectivity index (χ1v) is 16.8. The molecular formula is C35H48N6O9. The van der Waals surface area contributed by atoms with E-state index in [1.807, 2.05) is 6.92 Å². The molecule has 15 nitrogen and oxygen atoms in total. The summed E-state index contributed by atoms with van der Waals surface area (Å²) in [4.78, 5) is 88.7. The summed E-state index contributed by atoms with van der Waals surface area (Å²) in [6.07, 6.45) is 0.849. The number of ether oxygens (including phenoxy) is 1. The lowest BCUT2D eigenvalue weighted by atomic mass is 9.80.